The second-order valence-corrected chi connectivity index (χ2v) is 3.09. The van der Waals surface area contributed by atoms with Crippen LogP contribution < -0.4 is 5.32 Å². The molecule has 0 fully saturated rings. The highest BCUT2D eigenvalue weighted by atomic mass is 16.7. The molecule has 15 heavy (non-hydrogen) atoms. The van der Waals surface area contributed by atoms with Gasteiger partial charge in [-0.25, -0.2) is 4.98 Å². The topological polar surface area (TPSA) is 69.2 Å². The lowest BCUT2D eigenvalue weighted by atomic mass is 10.4. The van der Waals surface area contributed by atoms with Crippen LogP contribution in [0.3, 0.4) is 0 Å². The maximum absolute atomic E-state index is 5.01. The van der Waals surface area contributed by atoms with Crippen LogP contribution >= 0.6 is 0 Å². The van der Waals surface area contributed by atoms with Crippen LogP contribution in [-0.4, -0.2) is 42.2 Å². The Balaban J connectivity index is 2.54. The van der Waals surface area contributed by atoms with Gasteiger partial charge in [-0.15, -0.1) is 5.10 Å². The summed E-state index contributed by atoms with van der Waals surface area (Å²) in [5.41, 5.74) is 1.69. The normalized spacial score (nSPS) is 10.7. The Morgan fingerprint density at radius 3 is 2.33 bits per heavy atom. The Labute approximate surface area is 89.0 Å². The summed E-state index contributed by atoms with van der Waals surface area (Å²) in [6.45, 7) is 4.24. The molecule has 84 valence electrons. The van der Waals surface area contributed by atoms with E-state index in [-0.39, 0.29) is 6.29 Å². The molecule has 0 amide bonds. The van der Waals surface area contributed by atoms with Gasteiger partial charge in [-0.1, -0.05) is 0 Å². The highest BCUT2D eigenvalue weighted by Gasteiger charge is 2.06. The third-order valence-electron chi connectivity index (χ3n) is 2.04. The predicted octanol–water partition coefficient (Wildman–Crippen LogP) is 0.519. The fraction of sp³-hybridized carbons (Fsp3) is 0.667. The molecule has 0 aromatic carbocycles. The Hall–Kier alpha value is -1.27. The van der Waals surface area contributed by atoms with Gasteiger partial charge in [-0.05, 0) is 13.8 Å². The minimum atomic E-state index is -0.310. The smallest absolute Gasteiger partial charge is 0.243 e. The highest BCUT2D eigenvalue weighted by Crippen LogP contribution is 2.02. The fourth-order valence-corrected chi connectivity index (χ4v) is 0.969. The molecule has 1 N–H and O–H groups in total. The molecule has 6 nitrogen and oxygen atoms in total. The van der Waals surface area contributed by atoms with Gasteiger partial charge in [-0.3, -0.25) is 0 Å². The van der Waals surface area contributed by atoms with Crippen molar-refractivity contribution in [3.05, 3.63) is 11.4 Å². The van der Waals surface area contributed by atoms with E-state index in [4.69, 9.17) is 9.47 Å². The van der Waals surface area contributed by atoms with Crippen molar-refractivity contribution in [2.75, 3.05) is 26.1 Å². The Bertz CT molecular complexity index is 315. The van der Waals surface area contributed by atoms with E-state index in [9.17, 15) is 0 Å². The van der Waals surface area contributed by atoms with E-state index in [2.05, 4.69) is 20.5 Å². The zero-order valence-corrected chi connectivity index (χ0v) is 9.44. The lowest BCUT2D eigenvalue weighted by Gasteiger charge is -2.13. The summed E-state index contributed by atoms with van der Waals surface area (Å²) in [7, 11) is 3.16. The van der Waals surface area contributed by atoms with Gasteiger partial charge < -0.3 is 14.8 Å². The molecule has 0 radical (unpaired) electrons. The molecule has 1 rings (SSSR count). The number of rotatable bonds is 5. The van der Waals surface area contributed by atoms with Gasteiger partial charge in [0.15, 0.2) is 6.29 Å². The molecule has 1 heterocycles. The first-order chi connectivity index (χ1) is 7.17. The molecular weight excluding hydrogens is 196 g/mol. The van der Waals surface area contributed by atoms with Crippen LogP contribution in [0.25, 0.3) is 0 Å². The molecule has 0 aliphatic rings. The second kappa shape index (κ2) is 5.57. The first kappa shape index (κ1) is 11.8. The van der Waals surface area contributed by atoms with Crippen LogP contribution in [0.5, 0.6) is 0 Å². The maximum atomic E-state index is 5.01. The van der Waals surface area contributed by atoms with Gasteiger partial charge in [0.25, 0.3) is 0 Å². The lowest BCUT2D eigenvalue weighted by molar-refractivity contribution is -0.0914. The van der Waals surface area contributed by atoms with Crippen molar-refractivity contribution in [1.82, 2.24) is 15.2 Å². The van der Waals surface area contributed by atoms with Crippen LogP contribution in [0.2, 0.25) is 0 Å². The van der Waals surface area contributed by atoms with E-state index in [1.165, 1.54) is 0 Å². The number of aryl methyl sites for hydroxylation is 2. The minimum absolute atomic E-state index is 0.310. The van der Waals surface area contributed by atoms with E-state index < -0.39 is 0 Å². The van der Waals surface area contributed by atoms with Gasteiger partial charge in [-0.2, -0.15) is 5.10 Å². The number of hydrogen-bond acceptors (Lipinski definition) is 6. The van der Waals surface area contributed by atoms with E-state index in [0.717, 1.165) is 11.4 Å². The maximum Gasteiger partial charge on any atom is 0.243 e. The molecule has 6 heteroatoms. The monoisotopic (exact) mass is 212 g/mol. The summed E-state index contributed by atoms with van der Waals surface area (Å²) in [4.78, 5) is 4.22. The Kier molecular flexibility index (Phi) is 4.38. The van der Waals surface area contributed by atoms with Gasteiger partial charge in [0, 0.05) is 14.2 Å². The summed E-state index contributed by atoms with van der Waals surface area (Å²) in [5.74, 6) is 0.484. The summed E-state index contributed by atoms with van der Waals surface area (Å²) in [6.07, 6.45) is -0.310. The van der Waals surface area contributed by atoms with Crippen molar-refractivity contribution in [2.24, 2.45) is 0 Å². The summed E-state index contributed by atoms with van der Waals surface area (Å²) >= 11 is 0. The average molecular weight is 212 g/mol. The average Bonchev–Trinajstić information content (AvgIpc) is 2.24. The molecule has 0 spiro atoms. The van der Waals surface area contributed by atoms with Crippen LogP contribution in [0.15, 0.2) is 0 Å². The zero-order chi connectivity index (χ0) is 11.3. The SMILES string of the molecule is COC(CNc1nnc(C)c(C)n1)OC. The quantitative estimate of drug-likeness (QED) is 0.717. The van der Waals surface area contributed by atoms with E-state index in [1.54, 1.807) is 14.2 Å². The standard InChI is InChI=1S/C9H16N4O2/c1-6-7(2)12-13-9(11-6)10-5-8(14-3)15-4/h8H,5H2,1-4H3,(H,10,11,13). The van der Waals surface area contributed by atoms with Crippen LogP contribution in [0.4, 0.5) is 5.95 Å². The number of ether oxygens (including phenoxy) is 2. The van der Waals surface area contributed by atoms with Crippen molar-refractivity contribution in [3.63, 3.8) is 0 Å². The number of nitrogens with zero attached hydrogens (tertiary/aromatic N) is 3. The zero-order valence-electron chi connectivity index (χ0n) is 9.44. The van der Waals surface area contributed by atoms with Gasteiger partial charge in [0.1, 0.15) is 0 Å². The van der Waals surface area contributed by atoms with Crippen molar-refractivity contribution in [2.45, 2.75) is 20.1 Å². The van der Waals surface area contributed by atoms with Crippen LogP contribution in [-0.2, 0) is 9.47 Å². The summed E-state index contributed by atoms with van der Waals surface area (Å²) < 4.78 is 10.0. The largest absolute Gasteiger partial charge is 0.354 e. The van der Waals surface area contributed by atoms with Crippen molar-refractivity contribution in [3.8, 4) is 0 Å². The Morgan fingerprint density at radius 2 is 1.80 bits per heavy atom. The molecule has 0 bridgehead atoms. The van der Waals surface area contributed by atoms with Gasteiger partial charge in [0.05, 0.1) is 17.9 Å². The van der Waals surface area contributed by atoms with Crippen LogP contribution in [0.1, 0.15) is 11.4 Å². The third-order valence-corrected chi connectivity index (χ3v) is 2.04. The van der Waals surface area contributed by atoms with Crippen molar-refractivity contribution < 1.29 is 9.47 Å². The first-order valence-corrected chi connectivity index (χ1v) is 4.64. The number of nitrogens with one attached hydrogen (secondary N) is 1. The first-order valence-electron chi connectivity index (χ1n) is 4.64. The van der Waals surface area contributed by atoms with Crippen molar-refractivity contribution in [1.29, 1.82) is 0 Å². The molecule has 0 aliphatic carbocycles. The third kappa shape index (κ3) is 3.41. The van der Waals surface area contributed by atoms with E-state index >= 15 is 0 Å². The number of aromatic nitrogens is 3. The summed E-state index contributed by atoms with van der Waals surface area (Å²) in [5, 5.41) is 10.8. The molecule has 0 aliphatic heterocycles. The van der Waals surface area contributed by atoms with Gasteiger partial charge in [0.2, 0.25) is 5.95 Å². The number of anilines is 1. The van der Waals surface area contributed by atoms with Crippen LogP contribution in [0, 0.1) is 13.8 Å². The predicted molar refractivity (Wildman–Crippen MR) is 55.6 cm³/mol. The summed E-state index contributed by atoms with van der Waals surface area (Å²) in [6, 6.07) is 0. The molecule has 0 unspecified atom stereocenters. The molecule has 0 saturated heterocycles. The second-order valence-electron chi connectivity index (χ2n) is 3.09. The number of hydrogen-bond donors (Lipinski definition) is 1. The molecular formula is C9H16N4O2. The highest BCUT2D eigenvalue weighted by molar-refractivity contribution is 5.24. The minimum Gasteiger partial charge on any atom is -0.354 e. The van der Waals surface area contributed by atoms with Gasteiger partial charge >= 0.3 is 0 Å². The fourth-order valence-electron chi connectivity index (χ4n) is 0.969. The molecule has 1 aromatic heterocycles. The van der Waals surface area contributed by atoms with E-state index in [1.807, 2.05) is 13.8 Å². The molecule has 1 aromatic rings. The Morgan fingerprint density at radius 1 is 1.13 bits per heavy atom. The lowest BCUT2D eigenvalue weighted by Crippen LogP contribution is -2.24. The number of methoxy groups -OCH3 is 2. The van der Waals surface area contributed by atoms with E-state index in [0.29, 0.717) is 12.5 Å². The van der Waals surface area contributed by atoms with Crippen molar-refractivity contribution >= 4 is 5.95 Å². The molecule has 0 saturated carbocycles. The molecule has 0 atom stereocenters.